The van der Waals surface area contributed by atoms with Crippen LogP contribution in [0.25, 0.3) is 5.52 Å². The van der Waals surface area contributed by atoms with Gasteiger partial charge < -0.3 is 25.6 Å². The molecule has 5 heterocycles. The zero-order valence-corrected chi connectivity index (χ0v) is 20.3. The average molecular weight is 506 g/mol. The van der Waals surface area contributed by atoms with Crippen molar-refractivity contribution >= 4 is 40.7 Å². The average Bonchev–Trinajstić information content (AvgIpc) is 3.54. The SMILES string of the molecule is C=CC(=O)N1CCCC1c1nc(N2CCN(C(=O)Nc3ccnc(OC)c3)CC2=O)c2c(N)nccn12. The van der Waals surface area contributed by atoms with Crippen molar-refractivity contribution in [2.45, 2.75) is 18.9 Å². The highest BCUT2D eigenvalue weighted by atomic mass is 16.5. The van der Waals surface area contributed by atoms with Gasteiger partial charge in [-0.25, -0.2) is 19.7 Å². The molecule has 192 valence electrons. The van der Waals surface area contributed by atoms with E-state index in [0.29, 0.717) is 35.3 Å². The van der Waals surface area contributed by atoms with Gasteiger partial charge in [-0.15, -0.1) is 0 Å². The summed E-state index contributed by atoms with van der Waals surface area (Å²) in [5.41, 5.74) is 7.23. The van der Waals surface area contributed by atoms with E-state index in [-0.39, 0.29) is 43.3 Å². The lowest BCUT2D eigenvalue weighted by atomic mass is 10.2. The first-order valence-electron chi connectivity index (χ1n) is 11.8. The van der Waals surface area contributed by atoms with E-state index < -0.39 is 6.03 Å². The zero-order chi connectivity index (χ0) is 26.1. The maximum atomic E-state index is 13.3. The predicted molar refractivity (Wildman–Crippen MR) is 135 cm³/mol. The van der Waals surface area contributed by atoms with Crippen LogP contribution in [0.15, 0.2) is 43.4 Å². The molecule has 2 aliphatic rings. The fourth-order valence-electron chi connectivity index (χ4n) is 4.78. The van der Waals surface area contributed by atoms with Gasteiger partial charge in [0.25, 0.3) is 0 Å². The van der Waals surface area contributed by atoms with Crippen molar-refractivity contribution in [3.63, 3.8) is 0 Å². The number of imidazole rings is 1. The largest absolute Gasteiger partial charge is 0.481 e. The molecule has 0 aromatic carbocycles. The Labute approximate surface area is 212 Å². The molecule has 3 N–H and O–H groups in total. The molecular formula is C24H27N9O4. The summed E-state index contributed by atoms with van der Waals surface area (Å²) in [6.07, 6.45) is 7.65. The van der Waals surface area contributed by atoms with Crippen LogP contribution < -0.4 is 20.7 Å². The third-order valence-corrected chi connectivity index (χ3v) is 6.56. The Bertz CT molecular complexity index is 1390. The normalized spacial score (nSPS) is 17.8. The van der Waals surface area contributed by atoms with Crippen LogP contribution in [0.4, 0.5) is 22.1 Å². The molecule has 13 nitrogen and oxygen atoms in total. The van der Waals surface area contributed by atoms with Crippen LogP contribution >= 0.6 is 0 Å². The molecule has 37 heavy (non-hydrogen) atoms. The second-order valence-corrected chi connectivity index (χ2v) is 8.70. The molecule has 2 saturated heterocycles. The fourth-order valence-corrected chi connectivity index (χ4v) is 4.78. The van der Waals surface area contributed by atoms with Crippen molar-refractivity contribution in [2.75, 3.05) is 49.2 Å². The topological polar surface area (TPSA) is 151 Å². The predicted octanol–water partition coefficient (Wildman–Crippen LogP) is 1.45. The summed E-state index contributed by atoms with van der Waals surface area (Å²) < 4.78 is 6.88. The van der Waals surface area contributed by atoms with Gasteiger partial charge in [0.2, 0.25) is 17.7 Å². The smallest absolute Gasteiger partial charge is 0.322 e. The summed E-state index contributed by atoms with van der Waals surface area (Å²) in [4.78, 5) is 56.2. The number of aromatic nitrogens is 4. The Kier molecular flexibility index (Phi) is 6.34. The number of pyridine rings is 1. The number of fused-ring (bicyclic) bond motifs is 1. The van der Waals surface area contributed by atoms with Gasteiger partial charge in [0.05, 0.1) is 13.2 Å². The number of rotatable bonds is 5. The van der Waals surface area contributed by atoms with Crippen LogP contribution in [-0.4, -0.2) is 80.3 Å². The molecular weight excluding hydrogens is 478 g/mol. The van der Waals surface area contributed by atoms with Crippen molar-refractivity contribution in [3.8, 4) is 5.88 Å². The van der Waals surface area contributed by atoms with E-state index in [1.165, 1.54) is 29.2 Å². The number of nitrogen functional groups attached to an aromatic ring is 1. The zero-order valence-electron chi connectivity index (χ0n) is 20.3. The standard InChI is InChI=1S/C24H27N9O4/c1-3-18(34)31-9-4-5-16(31)22-29-23(20-21(25)27-8-10-33(20)22)32-12-11-30(14-19(32)35)24(36)28-15-6-7-26-17(13-15)37-2/h3,6-8,10,13,16H,1,4-5,9,11-12,14H2,2H3,(H2,25,27)(H,26,28,36). The number of piperazine rings is 1. The van der Waals surface area contributed by atoms with Gasteiger partial charge in [0.1, 0.15) is 17.9 Å². The summed E-state index contributed by atoms with van der Waals surface area (Å²) in [5, 5.41) is 2.76. The van der Waals surface area contributed by atoms with Crippen molar-refractivity contribution in [1.82, 2.24) is 29.2 Å². The Morgan fingerprint density at radius 3 is 2.84 bits per heavy atom. The summed E-state index contributed by atoms with van der Waals surface area (Å²) in [7, 11) is 1.49. The van der Waals surface area contributed by atoms with Crippen LogP contribution in [0.2, 0.25) is 0 Å². The van der Waals surface area contributed by atoms with E-state index >= 15 is 0 Å². The van der Waals surface area contributed by atoms with E-state index in [0.717, 1.165) is 12.8 Å². The van der Waals surface area contributed by atoms with E-state index in [1.54, 1.807) is 33.8 Å². The minimum atomic E-state index is -0.414. The third kappa shape index (κ3) is 4.39. The van der Waals surface area contributed by atoms with Gasteiger partial charge in [-0.3, -0.25) is 18.9 Å². The summed E-state index contributed by atoms with van der Waals surface area (Å²) in [6.45, 7) is 4.55. The van der Waals surface area contributed by atoms with Gasteiger partial charge in [-0.05, 0) is 25.0 Å². The summed E-state index contributed by atoms with van der Waals surface area (Å²) in [6, 6.07) is 2.53. The maximum absolute atomic E-state index is 13.3. The highest BCUT2D eigenvalue weighted by molar-refractivity contribution is 6.02. The molecule has 0 aliphatic carbocycles. The molecule has 13 heteroatoms. The van der Waals surface area contributed by atoms with Gasteiger partial charge in [0.15, 0.2) is 11.6 Å². The highest BCUT2D eigenvalue weighted by Gasteiger charge is 2.36. The lowest BCUT2D eigenvalue weighted by Gasteiger charge is -2.33. The van der Waals surface area contributed by atoms with E-state index in [9.17, 15) is 14.4 Å². The Morgan fingerprint density at radius 2 is 2.08 bits per heavy atom. The number of nitrogens with zero attached hydrogens (tertiary/aromatic N) is 7. The van der Waals surface area contributed by atoms with E-state index in [4.69, 9.17) is 15.5 Å². The first-order valence-corrected chi connectivity index (χ1v) is 11.8. The molecule has 5 rings (SSSR count). The van der Waals surface area contributed by atoms with Gasteiger partial charge >= 0.3 is 6.03 Å². The van der Waals surface area contributed by atoms with Crippen LogP contribution in [0, 0.1) is 0 Å². The fraction of sp³-hybridized carbons (Fsp3) is 0.333. The van der Waals surface area contributed by atoms with Gasteiger partial charge in [0, 0.05) is 50.0 Å². The molecule has 1 unspecified atom stereocenters. The molecule has 0 radical (unpaired) electrons. The molecule has 3 aromatic heterocycles. The number of methoxy groups -OCH3 is 1. The number of hydrogen-bond acceptors (Lipinski definition) is 8. The first kappa shape index (κ1) is 24.0. The summed E-state index contributed by atoms with van der Waals surface area (Å²) >= 11 is 0. The Morgan fingerprint density at radius 1 is 1.24 bits per heavy atom. The van der Waals surface area contributed by atoms with Crippen molar-refractivity contribution < 1.29 is 19.1 Å². The molecule has 0 spiro atoms. The number of likely N-dealkylation sites (tertiary alicyclic amines) is 1. The molecule has 2 fully saturated rings. The second-order valence-electron chi connectivity index (χ2n) is 8.70. The minimum Gasteiger partial charge on any atom is -0.481 e. The first-order chi connectivity index (χ1) is 17.9. The molecule has 3 aromatic rings. The molecule has 0 saturated carbocycles. The lowest BCUT2D eigenvalue weighted by molar-refractivity contribution is -0.127. The summed E-state index contributed by atoms with van der Waals surface area (Å²) in [5.74, 6) is 1.06. The number of nitrogens with one attached hydrogen (secondary N) is 1. The quantitative estimate of drug-likeness (QED) is 0.495. The van der Waals surface area contributed by atoms with Gasteiger partial charge in [-0.1, -0.05) is 6.58 Å². The highest BCUT2D eigenvalue weighted by Crippen LogP contribution is 2.36. The number of carbonyl (C=O) groups is 3. The van der Waals surface area contributed by atoms with Crippen LogP contribution in [0.5, 0.6) is 5.88 Å². The van der Waals surface area contributed by atoms with E-state index in [2.05, 4.69) is 21.9 Å². The van der Waals surface area contributed by atoms with Crippen LogP contribution in [0.3, 0.4) is 0 Å². The van der Waals surface area contributed by atoms with Crippen molar-refractivity contribution in [2.24, 2.45) is 0 Å². The molecule has 4 amide bonds. The third-order valence-electron chi connectivity index (χ3n) is 6.56. The lowest BCUT2D eigenvalue weighted by Crippen LogP contribution is -2.53. The molecule has 2 aliphatic heterocycles. The Balaban J connectivity index is 1.39. The number of nitrogens with two attached hydrogens (primary N) is 1. The van der Waals surface area contributed by atoms with E-state index in [1.807, 2.05) is 0 Å². The van der Waals surface area contributed by atoms with Gasteiger partial charge in [-0.2, -0.15) is 0 Å². The number of hydrogen-bond donors (Lipinski definition) is 2. The van der Waals surface area contributed by atoms with Crippen molar-refractivity contribution in [1.29, 1.82) is 0 Å². The van der Waals surface area contributed by atoms with Crippen molar-refractivity contribution in [3.05, 3.63) is 49.2 Å². The molecule has 1 atom stereocenters. The molecule has 0 bridgehead atoms. The number of urea groups is 1. The number of anilines is 3. The minimum absolute atomic E-state index is 0.146. The Hall–Kier alpha value is -4.68. The maximum Gasteiger partial charge on any atom is 0.322 e. The number of ether oxygens (including phenoxy) is 1. The number of amides is 4. The number of carbonyl (C=O) groups excluding carboxylic acids is 3. The van der Waals surface area contributed by atoms with Crippen LogP contribution in [-0.2, 0) is 9.59 Å². The monoisotopic (exact) mass is 505 g/mol. The van der Waals surface area contributed by atoms with Crippen LogP contribution in [0.1, 0.15) is 24.7 Å². The second kappa shape index (κ2) is 9.76.